The molecular formula is C22H32O7. The van der Waals surface area contributed by atoms with Gasteiger partial charge < -0.3 is 33.2 Å². The van der Waals surface area contributed by atoms with Gasteiger partial charge in [-0.05, 0) is 51.8 Å². The number of ether oxygens (including phenoxy) is 7. The average Bonchev–Trinajstić information content (AvgIpc) is 3.28. The number of rotatable bonds is 7. The Morgan fingerprint density at radius 3 is 2.38 bits per heavy atom. The lowest BCUT2D eigenvalue weighted by atomic mass is 10.1. The Balaban J connectivity index is 1.43. The molecule has 0 aromatic heterocycles. The molecule has 7 nitrogen and oxygen atoms in total. The Morgan fingerprint density at radius 1 is 0.966 bits per heavy atom. The van der Waals surface area contributed by atoms with Gasteiger partial charge in [0.15, 0.2) is 17.9 Å². The van der Waals surface area contributed by atoms with Crippen molar-refractivity contribution in [2.75, 3.05) is 13.2 Å². The van der Waals surface area contributed by atoms with Gasteiger partial charge in [0.25, 0.3) is 0 Å². The van der Waals surface area contributed by atoms with E-state index in [4.69, 9.17) is 33.2 Å². The summed E-state index contributed by atoms with van der Waals surface area (Å²) in [6.45, 7) is 11.3. The molecule has 0 bridgehead atoms. The van der Waals surface area contributed by atoms with Crippen LogP contribution in [0, 0.1) is 0 Å². The van der Waals surface area contributed by atoms with E-state index in [1.54, 1.807) is 0 Å². The summed E-state index contributed by atoms with van der Waals surface area (Å²) in [6.07, 6.45) is -0.679. The maximum absolute atomic E-state index is 6.30. The van der Waals surface area contributed by atoms with E-state index in [9.17, 15) is 0 Å². The first-order chi connectivity index (χ1) is 13.8. The maximum Gasteiger partial charge on any atom is 0.190 e. The second-order valence-corrected chi connectivity index (χ2v) is 8.70. The van der Waals surface area contributed by atoms with Gasteiger partial charge in [-0.15, -0.1) is 0 Å². The van der Waals surface area contributed by atoms with Crippen molar-refractivity contribution in [2.24, 2.45) is 0 Å². The zero-order chi connectivity index (χ0) is 20.6. The Bertz CT molecular complexity index is 687. The normalized spacial score (nSPS) is 35.0. The van der Waals surface area contributed by atoms with Crippen LogP contribution in [0.15, 0.2) is 24.3 Å². The van der Waals surface area contributed by atoms with Gasteiger partial charge >= 0.3 is 0 Å². The van der Waals surface area contributed by atoms with Crippen LogP contribution >= 0.6 is 0 Å². The quantitative estimate of drug-likeness (QED) is 0.685. The molecule has 1 aromatic rings. The third-order valence-corrected chi connectivity index (χ3v) is 5.26. The molecule has 7 heteroatoms. The zero-order valence-electron chi connectivity index (χ0n) is 17.9. The van der Waals surface area contributed by atoms with Crippen LogP contribution in [0.2, 0.25) is 0 Å². The largest absolute Gasteiger partial charge is 0.494 e. The van der Waals surface area contributed by atoms with Crippen molar-refractivity contribution >= 4 is 0 Å². The van der Waals surface area contributed by atoms with E-state index in [1.807, 2.05) is 52.0 Å². The van der Waals surface area contributed by atoms with Crippen LogP contribution in [0.1, 0.15) is 46.6 Å². The highest BCUT2D eigenvalue weighted by atomic mass is 16.8. The Labute approximate surface area is 172 Å². The van der Waals surface area contributed by atoms with Crippen molar-refractivity contribution in [1.29, 1.82) is 0 Å². The molecule has 0 unspecified atom stereocenters. The van der Waals surface area contributed by atoms with Gasteiger partial charge in [-0.2, -0.15) is 0 Å². The Hall–Kier alpha value is -1.22. The van der Waals surface area contributed by atoms with Gasteiger partial charge in [-0.1, -0.05) is 19.1 Å². The van der Waals surface area contributed by atoms with E-state index >= 15 is 0 Å². The van der Waals surface area contributed by atoms with Gasteiger partial charge in [0, 0.05) is 0 Å². The summed E-state index contributed by atoms with van der Waals surface area (Å²) in [7, 11) is 0. The molecule has 0 aliphatic carbocycles. The molecule has 5 atom stereocenters. The maximum atomic E-state index is 6.30. The lowest BCUT2D eigenvalue weighted by Crippen LogP contribution is -2.44. The van der Waals surface area contributed by atoms with Crippen LogP contribution in [0.25, 0.3) is 0 Å². The first-order valence-corrected chi connectivity index (χ1v) is 10.4. The zero-order valence-corrected chi connectivity index (χ0v) is 17.9. The summed E-state index contributed by atoms with van der Waals surface area (Å²) >= 11 is 0. The highest BCUT2D eigenvalue weighted by Crippen LogP contribution is 2.42. The van der Waals surface area contributed by atoms with E-state index in [0.717, 1.165) is 17.7 Å². The molecule has 0 saturated carbocycles. The minimum Gasteiger partial charge on any atom is -0.494 e. The summed E-state index contributed by atoms with van der Waals surface area (Å²) in [4.78, 5) is 0. The second kappa shape index (κ2) is 8.13. The first-order valence-electron chi connectivity index (χ1n) is 10.4. The summed E-state index contributed by atoms with van der Waals surface area (Å²) in [6, 6.07) is 7.96. The molecule has 3 aliphatic rings. The van der Waals surface area contributed by atoms with Crippen molar-refractivity contribution in [1.82, 2.24) is 0 Å². The number of fused-ring (bicyclic) bond motifs is 1. The van der Waals surface area contributed by atoms with Crippen LogP contribution in [-0.4, -0.2) is 55.5 Å². The van der Waals surface area contributed by atoms with Crippen molar-refractivity contribution < 1.29 is 33.2 Å². The summed E-state index contributed by atoms with van der Waals surface area (Å²) in [5.74, 6) is -0.469. The summed E-state index contributed by atoms with van der Waals surface area (Å²) < 4.78 is 41.9. The highest BCUT2D eigenvalue weighted by molar-refractivity contribution is 5.26. The molecule has 162 valence electrons. The molecule has 0 spiro atoms. The van der Waals surface area contributed by atoms with Crippen molar-refractivity contribution in [3.8, 4) is 5.75 Å². The van der Waals surface area contributed by atoms with Crippen LogP contribution < -0.4 is 4.74 Å². The molecule has 3 fully saturated rings. The van der Waals surface area contributed by atoms with Gasteiger partial charge in [0.05, 0.1) is 19.8 Å². The second-order valence-electron chi connectivity index (χ2n) is 8.70. The van der Waals surface area contributed by atoms with Crippen molar-refractivity contribution in [2.45, 2.75) is 89.9 Å². The van der Waals surface area contributed by atoms with Crippen LogP contribution in [0.5, 0.6) is 5.75 Å². The summed E-state index contributed by atoms with van der Waals surface area (Å²) in [5, 5.41) is 0. The topological polar surface area (TPSA) is 64.6 Å². The average molecular weight is 408 g/mol. The van der Waals surface area contributed by atoms with Gasteiger partial charge in [-0.3, -0.25) is 0 Å². The van der Waals surface area contributed by atoms with Crippen LogP contribution in [0.4, 0.5) is 0 Å². The Kier molecular flexibility index (Phi) is 5.90. The predicted octanol–water partition coefficient (Wildman–Crippen LogP) is 3.39. The van der Waals surface area contributed by atoms with Crippen LogP contribution in [0.3, 0.4) is 0 Å². The first kappa shape index (κ1) is 21.0. The fourth-order valence-corrected chi connectivity index (χ4v) is 3.96. The molecule has 4 rings (SSSR count). The standard InChI is InChI=1S/C22H32O7/c1-6-11-23-15-9-7-14(8-10-15)12-24-18-17(16-13-25-21(2,3)27-16)26-20-19(18)28-22(4,5)29-20/h7-10,16-20H,6,11-13H2,1-5H3/t16-,17-,18+,19+,20-/m0/s1. The Morgan fingerprint density at radius 2 is 1.72 bits per heavy atom. The number of benzene rings is 1. The monoisotopic (exact) mass is 408 g/mol. The molecular weight excluding hydrogens is 376 g/mol. The third-order valence-electron chi connectivity index (χ3n) is 5.26. The van der Waals surface area contributed by atoms with Crippen molar-refractivity contribution in [3.63, 3.8) is 0 Å². The van der Waals surface area contributed by atoms with E-state index in [0.29, 0.717) is 19.8 Å². The van der Waals surface area contributed by atoms with E-state index < -0.39 is 17.9 Å². The molecule has 29 heavy (non-hydrogen) atoms. The molecule has 3 heterocycles. The molecule has 1 aromatic carbocycles. The molecule has 0 N–H and O–H groups in total. The fourth-order valence-electron chi connectivity index (χ4n) is 3.96. The fraction of sp³-hybridized carbons (Fsp3) is 0.727. The molecule has 3 saturated heterocycles. The lowest BCUT2D eigenvalue weighted by Gasteiger charge is -2.29. The van der Waals surface area contributed by atoms with Crippen molar-refractivity contribution in [3.05, 3.63) is 29.8 Å². The molecule has 0 amide bonds. The lowest BCUT2D eigenvalue weighted by molar-refractivity contribution is -0.236. The minimum atomic E-state index is -0.702. The summed E-state index contributed by atoms with van der Waals surface area (Å²) in [5.41, 5.74) is 1.05. The minimum absolute atomic E-state index is 0.235. The smallest absolute Gasteiger partial charge is 0.190 e. The van der Waals surface area contributed by atoms with Gasteiger partial charge in [0.1, 0.15) is 30.2 Å². The third kappa shape index (κ3) is 4.76. The van der Waals surface area contributed by atoms with E-state index in [2.05, 4.69) is 6.92 Å². The highest BCUT2D eigenvalue weighted by Gasteiger charge is 2.58. The van der Waals surface area contributed by atoms with Gasteiger partial charge in [0.2, 0.25) is 0 Å². The van der Waals surface area contributed by atoms with E-state index in [-0.39, 0.29) is 24.4 Å². The van der Waals surface area contributed by atoms with Gasteiger partial charge in [-0.25, -0.2) is 0 Å². The molecule has 0 radical (unpaired) electrons. The number of hydrogen-bond donors (Lipinski definition) is 0. The molecule has 3 aliphatic heterocycles. The SMILES string of the molecule is CCCOc1ccc(CO[C@@H]2[C@H]([C@@H]3COC(C)(C)O3)O[C@H]3OC(C)(C)O[C@@H]32)cc1. The number of hydrogen-bond acceptors (Lipinski definition) is 7. The predicted molar refractivity (Wildman–Crippen MR) is 104 cm³/mol. The van der Waals surface area contributed by atoms with E-state index in [1.165, 1.54) is 0 Å². The van der Waals surface area contributed by atoms with Crippen LogP contribution in [-0.2, 0) is 35.0 Å².